The molecule has 0 aliphatic rings. The van der Waals surface area contributed by atoms with Gasteiger partial charge in [0.1, 0.15) is 0 Å². The SMILES string of the molecule is CCCCCN(CCO)C(=O)Nc1ccc(CC)cc1. The van der Waals surface area contributed by atoms with Gasteiger partial charge in [0.2, 0.25) is 0 Å². The first-order chi connectivity index (χ1) is 9.71. The predicted molar refractivity (Wildman–Crippen MR) is 83.0 cm³/mol. The van der Waals surface area contributed by atoms with Crippen molar-refractivity contribution in [2.24, 2.45) is 0 Å². The van der Waals surface area contributed by atoms with Crippen molar-refractivity contribution in [3.8, 4) is 0 Å². The van der Waals surface area contributed by atoms with Gasteiger partial charge in [-0.2, -0.15) is 0 Å². The normalized spacial score (nSPS) is 10.3. The van der Waals surface area contributed by atoms with Gasteiger partial charge in [-0.15, -0.1) is 0 Å². The zero-order valence-electron chi connectivity index (χ0n) is 12.6. The Balaban J connectivity index is 2.54. The van der Waals surface area contributed by atoms with Crippen LogP contribution >= 0.6 is 0 Å². The van der Waals surface area contributed by atoms with E-state index in [-0.39, 0.29) is 12.6 Å². The van der Waals surface area contributed by atoms with E-state index < -0.39 is 0 Å². The Morgan fingerprint density at radius 1 is 1.15 bits per heavy atom. The first-order valence-electron chi connectivity index (χ1n) is 7.47. The van der Waals surface area contributed by atoms with E-state index in [2.05, 4.69) is 19.2 Å². The van der Waals surface area contributed by atoms with Crippen LogP contribution in [0, 0.1) is 0 Å². The highest BCUT2D eigenvalue weighted by Crippen LogP contribution is 2.11. The number of aryl methyl sites for hydroxylation is 1. The summed E-state index contributed by atoms with van der Waals surface area (Å²) in [6, 6.07) is 7.73. The average Bonchev–Trinajstić information content (AvgIpc) is 2.47. The second kappa shape index (κ2) is 9.37. The van der Waals surface area contributed by atoms with Gasteiger partial charge in [0.15, 0.2) is 0 Å². The summed E-state index contributed by atoms with van der Waals surface area (Å²) in [5.41, 5.74) is 2.05. The second-order valence-corrected chi connectivity index (χ2v) is 4.90. The lowest BCUT2D eigenvalue weighted by molar-refractivity contribution is 0.187. The number of hydrogen-bond acceptors (Lipinski definition) is 2. The molecule has 0 radical (unpaired) electrons. The van der Waals surface area contributed by atoms with Gasteiger partial charge in [-0.3, -0.25) is 0 Å². The van der Waals surface area contributed by atoms with Gasteiger partial charge in [0, 0.05) is 18.8 Å². The van der Waals surface area contributed by atoms with Gasteiger partial charge in [0.05, 0.1) is 6.61 Å². The molecule has 0 heterocycles. The number of urea groups is 1. The van der Waals surface area contributed by atoms with Crippen LogP contribution in [0.1, 0.15) is 38.7 Å². The molecular formula is C16H26N2O2. The number of amides is 2. The average molecular weight is 278 g/mol. The fraction of sp³-hybridized carbons (Fsp3) is 0.562. The smallest absolute Gasteiger partial charge is 0.321 e. The fourth-order valence-corrected chi connectivity index (χ4v) is 2.01. The van der Waals surface area contributed by atoms with Gasteiger partial charge in [-0.05, 0) is 30.5 Å². The molecule has 2 N–H and O–H groups in total. The van der Waals surface area contributed by atoms with Gasteiger partial charge >= 0.3 is 6.03 Å². The third-order valence-electron chi connectivity index (χ3n) is 3.30. The summed E-state index contributed by atoms with van der Waals surface area (Å²) in [6.07, 6.45) is 4.17. The number of unbranched alkanes of at least 4 members (excludes halogenated alkanes) is 2. The maximum absolute atomic E-state index is 12.2. The third kappa shape index (κ3) is 5.61. The molecule has 1 rings (SSSR count). The molecule has 20 heavy (non-hydrogen) atoms. The lowest BCUT2D eigenvalue weighted by Crippen LogP contribution is -2.37. The molecule has 0 fully saturated rings. The lowest BCUT2D eigenvalue weighted by atomic mass is 10.1. The first-order valence-corrected chi connectivity index (χ1v) is 7.47. The minimum Gasteiger partial charge on any atom is -0.395 e. The highest BCUT2D eigenvalue weighted by Gasteiger charge is 2.12. The summed E-state index contributed by atoms with van der Waals surface area (Å²) < 4.78 is 0. The number of aliphatic hydroxyl groups excluding tert-OH is 1. The Labute approximate surface area is 121 Å². The van der Waals surface area contributed by atoms with E-state index in [1.165, 1.54) is 5.56 Å². The van der Waals surface area contributed by atoms with E-state index in [9.17, 15) is 4.79 Å². The molecule has 0 spiro atoms. The van der Waals surface area contributed by atoms with E-state index >= 15 is 0 Å². The van der Waals surface area contributed by atoms with Crippen molar-refractivity contribution in [2.45, 2.75) is 39.5 Å². The number of nitrogens with one attached hydrogen (secondary N) is 1. The Morgan fingerprint density at radius 2 is 1.85 bits per heavy atom. The van der Waals surface area contributed by atoms with Crippen LogP contribution in [0.3, 0.4) is 0 Å². The molecule has 112 valence electrons. The number of nitrogens with zero attached hydrogens (tertiary/aromatic N) is 1. The van der Waals surface area contributed by atoms with Crippen LogP contribution in [-0.4, -0.2) is 35.7 Å². The molecule has 0 aliphatic heterocycles. The predicted octanol–water partition coefficient (Wildman–Crippen LogP) is 3.27. The van der Waals surface area contributed by atoms with Gasteiger partial charge < -0.3 is 15.3 Å². The molecule has 0 unspecified atom stereocenters. The maximum Gasteiger partial charge on any atom is 0.321 e. The summed E-state index contributed by atoms with van der Waals surface area (Å²) in [4.78, 5) is 13.8. The van der Waals surface area contributed by atoms with Crippen molar-refractivity contribution in [1.82, 2.24) is 4.90 Å². The number of hydrogen-bond donors (Lipinski definition) is 2. The Bertz CT molecular complexity index is 390. The Morgan fingerprint density at radius 3 is 2.40 bits per heavy atom. The minimum atomic E-state index is -0.139. The van der Waals surface area contributed by atoms with E-state index in [4.69, 9.17) is 5.11 Å². The molecule has 1 aromatic rings. The molecule has 0 bridgehead atoms. The molecule has 1 aromatic carbocycles. The van der Waals surface area contributed by atoms with Crippen molar-refractivity contribution in [2.75, 3.05) is 25.0 Å². The standard InChI is InChI=1S/C16H26N2O2/c1-3-5-6-11-18(12-13-19)16(20)17-15-9-7-14(4-2)8-10-15/h7-10,19H,3-6,11-13H2,1-2H3,(H,17,20). The molecule has 0 aliphatic carbocycles. The summed E-state index contributed by atoms with van der Waals surface area (Å²) in [5, 5.41) is 11.9. The van der Waals surface area contributed by atoms with E-state index in [1.807, 2.05) is 24.3 Å². The monoisotopic (exact) mass is 278 g/mol. The topological polar surface area (TPSA) is 52.6 Å². The van der Waals surface area contributed by atoms with Crippen molar-refractivity contribution < 1.29 is 9.90 Å². The lowest BCUT2D eigenvalue weighted by Gasteiger charge is -2.22. The zero-order chi connectivity index (χ0) is 14.8. The van der Waals surface area contributed by atoms with Crippen molar-refractivity contribution in [1.29, 1.82) is 0 Å². The van der Waals surface area contributed by atoms with Crippen LogP contribution in [0.5, 0.6) is 0 Å². The van der Waals surface area contributed by atoms with Crippen LogP contribution in [0.25, 0.3) is 0 Å². The van der Waals surface area contributed by atoms with Crippen molar-refractivity contribution in [3.63, 3.8) is 0 Å². The van der Waals surface area contributed by atoms with Gasteiger partial charge in [0.25, 0.3) is 0 Å². The third-order valence-corrected chi connectivity index (χ3v) is 3.30. The summed E-state index contributed by atoms with van der Waals surface area (Å²) in [5.74, 6) is 0. The van der Waals surface area contributed by atoms with Crippen LogP contribution in [0.4, 0.5) is 10.5 Å². The quantitative estimate of drug-likeness (QED) is 0.717. The highest BCUT2D eigenvalue weighted by atomic mass is 16.3. The van der Waals surface area contributed by atoms with Crippen molar-refractivity contribution >= 4 is 11.7 Å². The van der Waals surface area contributed by atoms with Crippen molar-refractivity contribution in [3.05, 3.63) is 29.8 Å². The fourth-order valence-electron chi connectivity index (χ4n) is 2.01. The highest BCUT2D eigenvalue weighted by molar-refractivity contribution is 5.89. The van der Waals surface area contributed by atoms with E-state index in [0.29, 0.717) is 13.1 Å². The molecule has 4 nitrogen and oxygen atoms in total. The van der Waals surface area contributed by atoms with Crippen LogP contribution < -0.4 is 5.32 Å². The first kappa shape index (κ1) is 16.5. The maximum atomic E-state index is 12.2. The van der Waals surface area contributed by atoms with Gasteiger partial charge in [-0.25, -0.2) is 4.79 Å². The van der Waals surface area contributed by atoms with Crippen LogP contribution in [-0.2, 0) is 6.42 Å². The molecule has 2 amide bonds. The summed E-state index contributed by atoms with van der Waals surface area (Å²) in [6.45, 7) is 5.29. The summed E-state index contributed by atoms with van der Waals surface area (Å²) in [7, 11) is 0. The number of carbonyl (C=O) groups excluding carboxylic acids is 1. The van der Waals surface area contributed by atoms with Crippen LogP contribution in [0.15, 0.2) is 24.3 Å². The Kier molecular flexibility index (Phi) is 7.73. The number of anilines is 1. The molecule has 0 atom stereocenters. The zero-order valence-corrected chi connectivity index (χ0v) is 12.6. The molecular weight excluding hydrogens is 252 g/mol. The number of benzene rings is 1. The largest absolute Gasteiger partial charge is 0.395 e. The molecule has 0 saturated carbocycles. The van der Waals surface area contributed by atoms with E-state index in [1.54, 1.807) is 4.90 Å². The number of aliphatic hydroxyl groups is 1. The number of carbonyl (C=O) groups is 1. The number of rotatable bonds is 8. The van der Waals surface area contributed by atoms with Crippen LogP contribution in [0.2, 0.25) is 0 Å². The summed E-state index contributed by atoms with van der Waals surface area (Å²) >= 11 is 0. The molecule has 0 saturated heterocycles. The molecule has 0 aromatic heterocycles. The Hall–Kier alpha value is -1.55. The van der Waals surface area contributed by atoms with Gasteiger partial charge in [-0.1, -0.05) is 38.8 Å². The minimum absolute atomic E-state index is 0.00564. The molecule has 4 heteroatoms. The van der Waals surface area contributed by atoms with E-state index in [0.717, 1.165) is 31.4 Å². The second-order valence-electron chi connectivity index (χ2n) is 4.90.